The van der Waals surface area contributed by atoms with Crippen LogP contribution in [0.15, 0.2) is 0 Å². The predicted octanol–water partition coefficient (Wildman–Crippen LogP) is 1.63. The van der Waals surface area contributed by atoms with Crippen LogP contribution in [0.3, 0.4) is 0 Å². The van der Waals surface area contributed by atoms with E-state index in [1.54, 1.807) is 0 Å². The molecular weight excluding hydrogens is 252 g/mol. The highest BCUT2D eigenvalue weighted by molar-refractivity contribution is 4.93. The van der Waals surface area contributed by atoms with Crippen molar-refractivity contribution < 1.29 is 9.84 Å². The summed E-state index contributed by atoms with van der Waals surface area (Å²) < 4.78 is 5.80. The molecule has 1 aliphatic carbocycles. The SMILES string of the molecule is CC(C)(C)NCC1(CN(CCO)C2CC2)CCCOC1. The fourth-order valence-electron chi connectivity index (χ4n) is 3.07. The van der Waals surface area contributed by atoms with Gasteiger partial charge < -0.3 is 15.2 Å². The zero-order chi connectivity index (χ0) is 14.6. The molecule has 4 nitrogen and oxygen atoms in total. The zero-order valence-corrected chi connectivity index (χ0v) is 13.5. The van der Waals surface area contributed by atoms with Gasteiger partial charge in [0.2, 0.25) is 0 Å². The molecule has 2 fully saturated rings. The summed E-state index contributed by atoms with van der Waals surface area (Å²) in [4.78, 5) is 2.49. The lowest BCUT2D eigenvalue weighted by molar-refractivity contribution is -0.0319. The van der Waals surface area contributed by atoms with Gasteiger partial charge in [-0.05, 0) is 46.5 Å². The van der Waals surface area contributed by atoms with E-state index in [1.807, 2.05) is 0 Å². The summed E-state index contributed by atoms with van der Waals surface area (Å²) >= 11 is 0. The minimum atomic E-state index is 0.145. The summed E-state index contributed by atoms with van der Waals surface area (Å²) in [7, 11) is 0. The highest BCUT2D eigenvalue weighted by Gasteiger charge is 2.39. The molecule has 0 bridgehead atoms. The molecule has 0 aromatic carbocycles. The van der Waals surface area contributed by atoms with Gasteiger partial charge >= 0.3 is 0 Å². The number of aliphatic hydroxyl groups is 1. The third-order valence-corrected chi connectivity index (χ3v) is 4.39. The molecule has 2 N–H and O–H groups in total. The fourth-order valence-corrected chi connectivity index (χ4v) is 3.07. The molecule has 1 aliphatic heterocycles. The first-order valence-corrected chi connectivity index (χ1v) is 8.12. The molecule has 4 heteroatoms. The van der Waals surface area contributed by atoms with Gasteiger partial charge in [0, 0.05) is 43.2 Å². The largest absolute Gasteiger partial charge is 0.395 e. The molecule has 1 heterocycles. The van der Waals surface area contributed by atoms with Gasteiger partial charge in [-0.25, -0.2) is 0 Å². The van der Waals surface area contributed by atoms with Crippen molar-refractivity contribution in [1.29, 1.82) is 0 Å². The van der Waals surface area contributed by atoms with Crippen molar-refractivity contribution in [3.63, 3.8) is 0 Å². The van der Waals surface area contributed by atoms with E-state index in [9.17, 15) is 5.11 Å². The van der Waals surface area contributed by atoms with Crippen LogP contribution in [0.4, 0.5) is 0 Å². The number of nitrogens with zero attached hydrogens (tertiary/aromatic N) is 1. The second-order valence-corrected chi connectivity index (χ2v) is 7.68. The molecule has 0 amide bonds. The summed E-state index contributed by atoms with van der Waals surface area (Å²) in [6.07, 6.45) is 4.97. The van der Waals surface area contributed by atoms with Crippen LogP contribution in [0.5, 0.6) is 0 Å². The van der Waals surface area contributed by atoms with Gasteiger partial charge in [0.1, 0.15) is 0 Å². The minimum Gasteiger partial charge on any atom is -0.395 e. The average Bonchev–Trinajstić information content (AvgIpc) is 3.21. The van der Waals surface area contributed by atoms with E-state index in [0.29, 0.717) is 6.04 Å². The van der Waals surface area contributed by atoms with Gasteiger partial charge in [0.25, 0.3) is 0 Å². The molecular formula is C16H32N2O2. The Bertz CT molecular complexity index is 291. The quantitative estimate of drug-likeness (QED) is 0.746. The van der Waals surface area contributed by atoms with Crippen LogP contribution in [-0.4, -0.2) is 61.0 Å². The smallest absolute Gasteiger partial charge is 0.0558 e. The van der Waals surface area contributed by atoms with Crippen LogP contribution in [0.1, 0.15) is 46.5 Å². The van der Waals surface area contributed by atoms with Gasteiger partial charge in [-0.2, -0.15) is 0 Å². The third kappa shape index (κ3) is 4.99. The van der Waals surface area contributed by atoms with E-state index in [1.165, 1.54) is 19.3 Å². The average molecular weight is 284 g/mol. The Kier molecular flexibility index (Phi) is 5.46. The number of ether oxygens (including phenoxy) is 1. The molecule has 0 spiro atoms. The molecule has 2 rings (SSSR count). The second kappa shape index (κ2) is 6.73. The van der Waals surface area contributed by atoms with E-state index in [-0.39, 0.29) is 17.6 Å². The summed E-state index contributed by atoms with van der Waals surface area (Å²) in [6.45, 7) is 11.5. The number of hydrogen-bond donors (Lipinski definition) is 2. The predicted molar refractivity (Wildman–Crippen MR) is 81.9 cm³/mol. The normalized spacial score (nSPS) is 28.1. The molecule has 0 aromatic heterocycles. The lowest BCUT2D eigenvalue weighted by Gasteiger charge is -2.42. The van der Waals surface area contributed by atoms with Crippen molar-refractivity contribution >= 4 is 0 Å². The maximum atomic E-state index is 9.30. The Morgan fingerprint density at radius 3 is 2.60 bits per heavy atom. The van der Waals surface area contributed by atoms with Gasteiger partial charge in [-0.1, -0.05) is 0 Å². The van der Waals surface area contributed by atoms with E-state index in [4.69, 9.17) is 4.74 Å². The van der Waals surface area contributed by atoms with Crippen LogP contribution in [-0.2, 0) is 4.74 Å². The monoisotopic (exact) mass is 284 g/mol. The number of nitrogens with one attached hydrogen (secondary N) is 1. The van der Waals surface area contributed by atoms with Crippen LogP contribution >= 0.6 is 0 Å². The summed E-state index contributed by atoms with van der Waals surface area (Å²) in [5.74, 6) is 0. The van der Waals surface area contributed by atoms with E-state index >= 15 is 0 Å². The molecule has 1 atom stereocenters. The molecule has 1 unspecified atom stereocenters. The first-order chi connectivity index (χ1) is 9.44. The minimum absolute atomic E-state index is 0.145. The first-order valence-electron chi connectivity index (χ1n) is 8.12. The van der Waals surface area contributed by atoms with Crippen molar-refractivity contribution in [3.8, 4) is 0 Å². The summed E-state index contributed by atoms with van der Waals surface area (Å²) in [5.41, 5.74) is 0.356. The lowest BCUT2D eigenvalue weighted by Crippen LogP contribution is -2.53. The molecule has 118 valence electrons. The zero-order valence-electron chi connectivity index (χ0n) is 13.5. The Balaban J connectivity index is 1.97. The van der Waals surface area contributed by atoms with E-state index < -0.39 is 0 Å². The van der Waals surface area contributed by atoms with Gasteiger partial charge in [-0.15, -0.1) is 0 Å². The Morgan fingerprint density at radius 2 is 2.10 bits per heavy atom. The molecule has 0 aromatic rings. The fraction of sp³-hybridized carbons (Fsp3) is 1.00. The standard InChI is InChI=1S/C16H32N2O2/c1-15(2,3)17-11-16(7-4-10-20-13-16)12-18(8-9-19)14-5-6-14/h14,17,19H,4-13H2,1-3H3. The van der Waals surface area contributed by atoms with Gasteiger partial charge in [0.15, 0.2) is 0 Å². The summed E-state index contributed by atoms with van der Waals surface area (Å²) in [5, 5.41) is 13.0. The van der Waals surface area contributed by atoms with Gasteiger partial charge in [-0.3, -0.25) is 4.90 Å². The van der Waals surface area contributed by atoms with Crippen molar-refractivity contribution in [1.82, 2.24) is 10.2 Å². The van der Waals surface area contributed by atoms with Crippen LogP contribution in [0, 0.1) is 5.41 Å². The highest BCUT2D eigenvalue weighted by atomic mass is 16.5. The molecule has 2 aliphatic rings. The second-order valence-electron chi connectivity index (χ2n) is 7.68. The van der Waals surface area contributed by atoms with Crippen LogP contribution in [0.25, 0.3) is 0 Å². The van der Waals surface area contributed by atoms with Crippen LogP contribution < -0.4 is 5.32 Å². The Morgan fingerprint density at radius 1 is 1.35 bits per heavy atom. The van der Waals surface area contributed by atoms with Crippen molar-refractivity contribution in [2.24, 2.45) is 5.41 Å². The van der Waals surface area contributed by atoms with E-state index in [0.717, 1.165) is 39.3 Å². The highest BCUT2D eigenvalue weighted by Crippen LogP contribution is 2.34. The molecule has 1 saturated heterocycles. The van der Waals surface area contributed by atoms with Gasteiger partial charge in [0.05, 0.1) is 13.2 Å². The first kappa shape index (κ1) is 16.2. The Labute approximate surface area is 123 Å². The molecule has 1 saturated carbocycles. The lowest BCUT2D eigenvalue weighted by atomic mass is 9.81. The summed E-state index contributed by atoms with van der Waals surface area (Å²) in [6, 6.07) is 0.704. The Hall–Kier alpha value is -0.160. The number of aliphatic hydroxyl groups excluding tert-OH is 1. The molecule has 20 heavy (non-hydrogen) atoms. The van der Waals surface area contributed by atoms with Crippen molar-refractivity contribution in [3.05, 3.63) is 0 Å². The number of hydrogen-bond acceptors (Lipinski definition) is 4. The van der Waals surface area contributed by atoms with Crippen LogP contribution in [0.2, 0.25) is 0 Å². The topological polar surface area (TPSA) is 44.7 Å². The molecule has 0 radical (unpaired) electrons. The third-order valence-electron chi connectivity index (χ3n) is 4.39. The van der Waals surface area contributed by atoms with Crippen molar-refractivity contribution in [2.45, 2.75) is 58.0 Å². The number of rotatable bonds is 7. The van der Waals surface area contributed by atoms with Crippen molar-refractivity contribution in [2.75, 3.05) is 39.5 Å². The maximum absolute atomic E-state index is 9.30. The van der Waals surface area contributed by atoms with E-state index in [2.05, 4.69) is 31.0 Å². The maximum Gasteiger partial charge on any atom is 0.0558 e.